The fourth-order valence-corrected chi connectivity index (χ4v) is 6.70. The highest BCUT2D eigenvalue weighted by Gasteiger charge is 2.43. The molecule has 1 aliphatic rings. The summed E-state index contributed by atoms with van der Waals surface area (Å²) in [4.78, 5) is 50.4. The third-order valence-electron chi connectivity index (χ3n) is 6.86. The third kappa shape index (κ3) is 5.88. The topological polar surface area (TPSA) is 212 Å². The van der Waals surface area contributed by atoms with Gasteiger partial charge in [0, 0.05) is 71.9 Å². The van der Waals surface area contributed by atoms with Crippen molar-refractivity contribution < 1.29 is 27.5 Å². The standard InChI is InChI=1S/C26H25ClN8O6S/c27-18-1-2-21-16(7-18)8-24(32-21)42(40,41)34-13-19(9-22(28)36)35(20(14-34)10-23(29)37)26(38)17-11-30-25(31-12-17)15-3-5-33(39)6-4-15/h1-8,11-12,19-20,32H,9-10,13-14H2,(H2,28,36)(H2,29,37). The van der Waals surface area contributed by atoms with Gasteiger partial charge in [-0.2, -0.15) is 9.04 Å². The Morgan fingerprint density at radius 2 is 1.60 bits per heavy atom. The highest BCUT2D eigenvalue weighted by molar-refractivity contribution is 7.89. The van der Waals surface area contributed by atoms with Crippen molar-refractivity contribution in [1.82, 2.24) is 24.2 Å². The van der Waals surface area contributed by atoms with E-state index in [1.54, 1.807) is 18.2 Å². The number of fused-ring (bicyclic) bond motifs is 1. The lowest BCUT2D eigenvalue weighted by Crippen LogP contribution is -2.62. The van der Waals surface area contributed by atoms with Gasteiger partial charge in [0.05, 0.1) is 17.6 Å². The van der Waals surface area contributed by atoms with E-state index in [0.717, 1.165) is 4.31 Å². The minimum absolute atomic E-state index is 0.0290. The number of nitrogens with two attached hydrogens (primary N) is 2. The number of halogens is 1. The zero-order chi connectivity index (χ0) is 30.2. The Balaban J connectivity index is 1.47. The molecule has 1 fully saturated rings. The van der Waals surface area contributed by atoms with Crippen LogP contribution in [-0.4, -0.2) is 75.5 Å². The molecule has 0 saturated carbocycles. The van der Waals surface area contributed by atoms with Crippen molar-refractivity contribution in [2.75, 3.05) is 13.1 Å². The molecule has 1 aliphatic heterocycles. The Hall–Kier alpha value is -4.60. The first-order chi connectivity index (χ1) is 19.9. The van der Waals surface area contributed by atoms with E-state index in [1.165, 1.54) is 47.9 Å². The second-order valence-electron chi connectivity index (χ2n) is 9.79. The van der Waals surface area contributed by atoms with Crippen LogP contribution in [0.4, 0.5) is 0 Å². The van der Waals surface area contributed by atoms with Gasteiger partial charge in [-0.3, -0.25) is 14.4 Å². The number of nitrogens with one attached hydrogen (secondary N) is 1. The molecule has 3 amide bonds. The van der Waals surface area contributed by atoms with E-state index in [0.29, 0.717) is 26.2 Å². The number of amides is 3. The number of sulfonamides is 1. The molecular formula is C26H25ClN8O6S. The minimum Gasteiger partial charge on any atom is -0.619 e. The molecule has 3 aromatic heterocycles. The molecule has 0 aliphatic carbocycles. The number of pyridine rings is 1. The van der Waals surface area contributed by atoms with Crippen LogP contribution in [0.2, 0.25) is 5.02 Å². The number of carbonyl (C=O) groups excluding carboxylic acids is 3. The van der Waals surface area contributed by atoms with Gasteiger partial charge in [-0.05, 0) is 24.3 Å². The van der Waals surface area contributed by atoms with Gasteiger partial charge < -0.3 is 26.6 Å². The van der Waals surface area contributed by atoms with Crippen LogP contribution in [0.5, 0.6) is 0 Å². The maximum Gasteiger partial charge on any atom is 0.258 e. The average Bonchev–Trinajstić information content (AvgIpc) is 3.37. The van der Waals surface area contributed by atoms with Crippen LogP contribution >= 0.6 is 11.6 Å². The molecule has 218 valence electrons. The Bertz CT molecular complexity index is 1750. The number of carbonyl (C=O) groups is 3. The quantitative estimate of drug-likeness (QED) is 0.188. The van der Waals surface area contributed by atoms with Gasteiger partial charge in [0.25, 0.3) is 15.9 Å². The van der Waals surface area contributed by atoms with E-state index < -0.39 is 39.8 Å². The van der Waals surface area contributed by atoms with Crippen LogP contribution < -0.4 is 16.2 Å². The fraction of sp³-hybridized carbons (Fsp3) is 0.231. The highest BCUT2D eigenvalue weighted by Crippen LogP contribution is 2.30. The van der Waals surface area contributed by atoms with Crippen molar-refractivity contribution in [3.63, 3.8) is 0 Å². The van der Waals surface area contributed by atoms with E-state index in [2.05, 4.69) is 15.0 Å². The molecule has 0 radical (unpaired) electrons. The van der Waals surface area contributed by atoms with Crippen molar-refractivity contribution in [3.05, 3.63) is 77.0 Å². The van der Waals surface area contributed by atoms with Crippen LogP contribution in [0.1, 0.15) is 23.2 Å². The number of piperazine rings is 1. The van der Waals surface area contributed by atoms with Crippen LogP contribution in [-0.2, 0) is 19.6 Å². The van der Waals surface area contributed by atoms with Gasteiger partial charge in [0.15, 0.2) is 18.2 Å². The molecule has 1 aromatic carbocycles. The van der Waals surface area contributed by atoms with Crippen molar-refractivity contribution >= 4 is 50.2 Å². The zero-order valence-electron chi connectivity index (χ0n) is 21.9. The molecule has 0 bridgehead atoms. The van der Waals surface area contributed by atoms with Gasteiger partial charge in [-0.15, -0.1) is 0 Å². The number of aromatic amines is 1. The summed E-state index contributed by atoms with van der Waals surface area (Å²) in [6, 6.07) is 7.27. The van der Waals surface area contributed by atoms with E-state index in [9.17, 15) is 28.0 Å². The van der Waals surface area contributed by atoms with E-state index in [1.807, 2.05) is 0 Å². The number of H-pyrrole nitrogens is 1. The van der Waals surface area contributed by atoms with Crippen molar-refractivity contribution in [1.29, 1.82) is 0 Å². The van der Waals surface area contributed by atoms with Gasteiger partial charge in [-0.1, -0.05) is 11.6 Å². The summed E-state index contributed by atoms with van der Waals surface area (Å²) in [5.74, 6) is -1.94. The first-order valence-electron chi connectivity index (χ1n) is 12.6. The summed E-state index contributed by atoms with van der Waals surface area (Å²) in [6.45, 7) is -0.554. The predicted molar refractivity (Wildman–Crippen MR) is 150 cm³/mol. The van der Waals surface area contributed by atoms with Crippen LogP contribution in [0.25, 0.3) is 22.3 Å². The Morgan fingerprint density at radius 3 is 2.17 bits per heavy atom. The minimum atomic E-state index is -4.18. The number of nitrogens with zero attached hydrogens (tertiary/aromatic N) is 5. The molecular weight excluding hydrogens is 588 g/mol. The maximum atomic E-state index is 13.8. The molecule has 0 spiro atoms. The smallest absolute Gasteiger partial charge is 0.258 e. The molecule has 42 heavy (non-hydrogen) atoms. The average molecular weight is 613 g/mol. The van der Waals surface area contributed by atoms with Gasteiger partial charge >= 0.3 is 0 Å². The number of benzene rings is 1. The molecule has 5 N–H and O–H groups in total. The normalized spacial score (nSPS) is 17.8. The lowest BCUT2D eigenvalue weighted by Gasteiger charge is -2.45. The number of primary amides is 2. The number of hydrogen-bond donors (Lipinski definition) is 3. The Kier molecular flexibility index (Phi) is 7.81. The second kappa shape index (κ2) is 11.3. The molecule has 1 saturated heterocycles. The molecule has 5 rings (SSSR count). The molecule has 14 nitrogen and oxygen atoms in total. The molecule has 2 atom stereocenters. The highest BCUT2D eigenvalue weighted by atomic mass is 35.5. The SMILES string of the molecule is NC(=O)CC1CN(S(=O)(=O)c2cc3cc(Cl)ccc3[nH]2)CC(CC(N)=O)N1C(=O)c1cnc(-c2cc[n+]([O-])cc2)nc1. The monoisotopic (exact) mass is 612 g/mol. The van der Waals surface area contributed by atoms with Gasteiger partial charge in [0.2, 0.25) is 11.8 Å². The molecule has 2 unspecified atom stereocenters. The van der Waals surface area contributed by atoms with Crippen molar-refractivity contribution in [2.45, 2.75) is 30.0 Å². The zero-order valence-corrected chi connectivity index (χ0v) is 23.5. The molecule has 16 heteroatoms. The van der Waals surface area contributed by atoms with Crippen LogP contribution in [0.3, 0.4) is 0 Å². The molecule has 4 aromatic rings. The van der Waals surface area contributed by atoms with E-state index in [-0.39, 0.29) is 42.3 Å². The lowest BCUT2D eigenvalue weighted by molar-refractivity contribution is -0.605. The van der Waals surface area contributed by atoms with E-state index in [4.69, 9.17) is 23.1 Å². The summed E-state index contributed by atoms with van der Waals surface area (Å²) >= 11 is 6.05. The summed E-state index contributed by atoms with van der Waals surface area (Å²) in [6.07, 6.45) is 4.33. The predicted octanol–water partition coefficient (Wildman–Crippen LogP) is 0.546. The maximum absolute atomic E-state index is 13.8. The summed E-state index contributed by atoms with van der Waals surface area (Å²) in [5.41, 5.74) is 12.1. The summed E-state index contributed by atoms with van der Waals surface area (Å²) in [7, 11) is -4.18. The van der Waals surface area contributed by atoms with E-state index >= 15 is 0 Å². The number of aromatic nitrogens is 4. The Morgan fingerprint density at radius 1 is 1.00 bits per heavy atom. The van der Waals surface area contributed by atoms with Crippen molar-refractivity contribution in [3.8, 4) is 11.4 Å². The fourth-order valence-electron chi connectivity index (χ4n) is 4.99. The van der Waals surface area contributed by atoms with Gasteiger partial charge in [0.1, 0.15) is 5.03 Å². The second-order valence-corrected chi connectivity index (χ2v) is 12.1. The number of hydrogen-bond acceptors (Lipinski definition) is 8. The summed E-state index contributed by atoms with van der Waals surface area (Å²) in [5, 5.41) is 12.2. The van der Waals surface area contributed by atoms with Crippen LogP contribution in [0, 0.1) is 5.21 Å². The third-order valence-corrected chi connectivity index (χ3v) is 8.85. The van der Waals surface area contributed by atoms with Crippen molar-refractivity contribution in [2.24, 2.45) is 11.5 Å². The molecule has 4 heterocycles. The van der Waals surface area contributed by atoms with Crippen LogP contribution in [0.15, 0.2) is 66.2 Å². The largest absolute Gasteiger partial charge is 0.619 e. The lowest BCUT2D eigenvalue weighted by atomic mass is 10.0. The first-order valence-corrected chi connectivity index (χ1v) is 14.4. The Labute approximate surface area is 244 Å². The summed E-state index contributed by atoms with van der Waals surface area (Å²) < 4.78 is 29.2. The van der Waals surface area contributed by atoms with Gasteiger partial charge in [-0.25, -0.2) is 18.4 Å². The first kappa shape index (κ1) is 28.9. The number of rotatable bonds is 8.